The van der Waals surface area contributed by atoms with E-state index in [-0.39, 0.29) is 0 Å². The highest BCUT2D eigenvalue weighted by molar-refractivity contribution is 9.10. The standard InChI is InChI=1S/C22H15Br3/c23-18-8-14(12-1-3-19-16(5-12)10-21(19)24)7-15(9-18)13-2-4-20-17(6-13)11-22(20)25/h1-9,21-22H,10-11H2. The van der Waals surface area contributed by atoms with Crippen molar-refractivity contribution >= 4 is 47.8 Å². The van der Waals surface area contributed by atoms with E-state index >= 15 is 0 Å². The number of hydrogen-bond donors (Lipinski definition) is 0. The van der Waals surface area contributed by atoms with E-state index in [1.54, 1.807) is 0 Å². The summed E-state index contributed by atoms with van der Waals surface area (Å²) in [7, 11) is 0. The van der Waals surface area contributed by atoms with E-state index in [1.807, 2.05) is 0 Å². The highest BCUT2D eigenvalue weighted by Gasteiger charge is 2.24. The van der Waals surface area contributed by atoms with Crippen LogP contribution in [0.2, 0.25) is 0 Å². The molecule has 3 heteroatoms. The van der Waals surface area contributed by atoms with Crippen LogP contribution in [0.3, 0.4) is 0 Å². The molecule has 0 heterocycles. The highest BCUT2D eigenvalue weighted by Crippen LogP contribution is 2.43. The fraction of sp³-hybridized carbons (Fsp3) is 0.182. The lowest BCUT2D eigenvalue weighted by Gasteiger charge is -2.26. The first-order valence-corrected chi connectivity index (χ1v) is 11.1. The van der Waals surface area contributed by atoms with Gasteiger partial charge < -0.3 is 0 Å². The maximum Gasteiger partial charge on any atom is 0.0438 e. The molecule has 25 heavy (non-hydrogen) atoms. The monoisotopic (exact) mass is 516 g/mol. The van der Waals surface area contributed by atoms with E-state index in [0.717, 1.165) is 17.3 Å². The van der Waals surface area contributed by atoms with Crippen LogP contribution < -0.4 is 0 Å². The van der Waals surface area contributed by atoms with Crippen LogP contribution in [0.15, 0.2) is 59.1 Å². The summed E-state index contributed by atoms with van der Waals surface area (Å²) in [6, 6.07) is 20.4. The van der Waals surface area contributed by atoms with Crippen LogP contribution >= 0.6 is 47.8 Å². The van der Waals surface area contributed by atoms with Gasteiger partial charge in [0, 0.05) is 14.1 Å². The minimum absolute atomic E-state index is 0.537. The van der Waals surface area contributed by atoms with Crippen molar-refractivity contribution in [1.29, 1.82) is 0 Å². The molecule has 0 saturated heterocycles. The van der Waals surface area contributed by atoms with Crippen LogP contribution in [0.25, 0.3) is 22.3 Å². The SMILES string of the molecule is Brc1cc(-c2ccc3c(c2)CC3Br)cc(-c2ccc3c(c2)CC3Br)c1. The first-order valence-electron chi connectivity index (χ1n) is 8.43. The van der Waals surface area contributed by atoms with E-state index in [1.165, 1.54) is 44.5 Å². The molecule has 2 aliphatic carbocycles. The van der Waals surface area contributed by atoms with Gasteiger partial charge in [0.2, 0.25) is 0 Å². The Morgan fingerprint density at radius 3 is 1.48 bits per heavy atom. The Hall–Kier alpha value is -0.900. The minimum Gasteiger partial charge on any atom is -0.0835 e. The maximum absolute atomic E-state index is 3.71. The second-order valence-corrected chi connectivity index (χ2v) is 10.0. The zero-order chi connectivity index (χ0) is 17.1. The smallest absolute Gasteiger partial charge is 0.0438 e. The van der Waals surface area contributed by atoms with Crippen molar-refractivity contribution < 1.29 is 0 Å². The summed E-state index contributed by atoms with van der Waals surface area (Å²) in [5, 5.41) is 0. The molecular weight excluding hydrogens is 504 g/mol. The lowest BCUT2D eigenvalue weighted by molar-refractivity contribution is 0.830. The van der Waals surface area contributed by atoms with Gasteiger partial charge in [0.25, 0.3) is 0 Å². The van der Waals surface area contributed by atoms with Gasteiger partial charge in [-0.3, -0.25) is 0 Å². The molecule has 3 aromatic carbocycles. The van der Waals surface area contributed by atoms with Crippen LogP contribution in [0.5, 0.6) is 0 Å². The van der Waals surface area contributed by atoms with Crippen molar-refractivity contribution in [2.75, 3.05) is 0 Å². The lowest BCUT2D eigenvalue weighted by Crippen LogP contribution is -2.11. The van der Waals surface area contributed by atoms with Gasteiger partial charge in [0.05, 0.1) is 0 Å². The van der Waals surface area contributed by atoms with E-state index < -0.39 is 0 Å². The number of rotatable bonds is 2. The second-order valence-electron chi connectivity index (χ2n) is 6.90. The predicted molar refractivity (Wildman–Crippen MR) is 116 cm³/mol. The number of fused-ring (bicyclic) bond motifs is 2. The fourth-order valence-corrected chi connectivity index (χ4v) is 5.89. The van der Waals surface area contributed by atoms with E-state index in [4.69, 9.17) is 0 Å². The Kier molecular flexibility index (Phi) is 3.96. The molecule has 2 aliphatic rings. The molecule has 2 atom stereocenters. The Morgan fingerprint density at radius 2 is 1.08 bits per heavy atom. The van der Waals surface area contributed by atoms with Crippen molar-refractivity contribution in [2.24, 2.45) is 0 Å². The van der Waals surface area contributed by atoms with Crippen molar-refractivity contribution in [3.8, 4) is 22.3 Å². The summed E-state index contributed by atoms with van der Waals surface area (Å²) < 4.78 is 1.13. The molecule has 0 nitrogen and oxygen atoms in total. The fourth-order valence-electron chi connectivity index (χ4n) is 3.80. The molecule has 0 spiro atoms. The first kappa shape index (κ1) is 16.3. The zero-order valence-corrected chi connectivity index (χ0v) is 18.2. The molecule has 0 aliphatic heterocycles. The number of alkyl halides is 2. The van der Waals surface area contributed by atoms with Crippen LogP contribution in [0.4, 0.5) is 0 Å². The molecule has 0 fully saturated rings. The molecule has 0 radical (unpaired) electrons. The Labute approximate surface area is 173 Å². The van der Waals surface area contributed by atoms with Crippen LogP contribution in [-0.2, 0) is 12.8 Å². The van der Waals surface area contributed by atoms with Crippen molar-refractivity contribution in [3.05, 3.63) is 81.3 Å². The van der Waals surface area contributed by atoms with Crippen LogP contribution in [0, 0.1) is 0 Å². The van der Waals surface area contributed by atoms with Crippen molar-refractivity contribution in [3.63, 3.8) is 0 Å². The Bertz CT molecular complexity index is 928. The Balaban J connectivity index is 1.56. The third-order valence-electron chi connectivity index (χ3n) is 5.32. The molecule has 124 valence electrons. The third-order valence-corrected chi connectivity index (χ3v) is 7.42. The molecule has 0 N–H and O–H groups in total. The average Bonchev–Trinajstić information content (AvgIpc) is 2.58. The van der Waals surface area contributed by atoms with Gasteiger partial charge in [0.1, 0.15) is 0 Å². The van der Waals surface area contributed by atoms with Crippen LogP contribution in [-0.4, -0.2) is 0 Å². The van der Waals surface area contributed by atoms with Crippen LogP contribution in [0.1, 0.15) is 31.9 Å². The molecule has 0 saturated carbocycles. The Morgan fingerprint density at radius 1 is 0.600 bits per heavy atom. The van der Waals surface area contributed by atoms with Gasteiger partial charge >= 0.3 is 0 Å². The summed E-state index contributed by atoms with van der Waals surface area (Å²) in [6.45, 7) is 0. The van der Waals surface area contributed by atoms with Gasteiger partial charge in [-0.05, 0) is 75.5 Å². The largest absolute Gasteiger partial charge is 0.0835 e. The van der Waals surface area contributed by atoms with Crippen molar-refractivity contribution in [1.82, 2.24) is 0 Å². The second kappa shape index (κ2) is 6.07. The average molecular weight is 519 g/mol. The van der Waals surface area contributed by atoms with Gasteiger partial charge in [-0.1, -0.05) is 84.2 Å². The summed E-state index contributed by atoms with van der Waals surface area (Å²) in [4.78, 5) is 1.07. The highest BCUT2D eigenvalue weighted by atomic mass is 79.9. The van der Waals surface area contributed by atoms with Crippen molar-refractivity contribution in [2.45, 2.75) is 22.5 Å². The van der Waals surface area contributed by atoms with Gasteiger partial charge in [-0.25, -0.2) is 0 Å². The topological polar surface area (TPSA) is 0 Å². The van der Waals surface area contributed by atoms with Gasteiger partial charge in [0.15, 0.2) is 0 Å². The lowest BCUT2D eigenvalue weighted by atomic mass is 9.84. The number of benzene rings is 3. The molecule has 3 aromatic rings. The number of halogens is 3. The summed E-state index contributed by atoms with van der Waals surface area (Å²) >= 11 is 11.1. The molecule has 0 aromatic heterocycles. The predicted octanol–water partition coefficient (Wildman–Crippen LogP) is 7.77. The normalized spacial score (nSPS) is 20.3. The molecule has 0 amide bonds. The van der Waals surface area contributed by atoms with Gasteiger partial charge in [-0.15, -0.1) is 0 Å². The molecule has 5 rings (SSSR count). The first-order chi connectivity index (χ1) is 12.1. The molecule has 2 unspecified atom stereocenters. The third kappa shape index (κ3) is 2.75. The van der Waals surface area contributed by atoms with E-state index in [2.05, 4.69) is 102 Å². The van der Waals surface area contributed by atoms with Gasteiger partial charge in [-0.2, -0.15) is 0 Å². The minimum atomic E-state index is 0.537. The summed E-state index contributed by atoms with van der Waals surface area (Å²) in [5.41, 5.74) is 10.9. The molecule has 0 bridgehead atoms. The summed E-state index contributed by atoms with van der Waals surface area (Å²) in [6.07, 6.45) is 2.26. The van der Waals surface area contributed by atoms with E-state index in [0.29, 0.717) is 9.65 Å². The zero-order valence-electron chi connectivity index (χ0n) is 13.4. The van der Waals surface area contributed by atoms with E-state index in [9.17, 15) is 0 Å². The maximum atomic E-state index is 3.71. The quantitative estimate of drug-likeness (QED) is 0.304. The summed E-state index contributed by atoms with van der Waals surface area (Å²) in [5.74, 6) is 0. The number of hydrogen-bond acceptors (Lipinski definition) is 0. The molecular formula is C22H15Br3.